The van der Waals surface area contributed by atoms with Crippen LogP contribution in [0.2, 0.25) is 5.02 Å². The highest BCUT2D eigenvalue weighted by atomic mass is 79.9. The molecule has 0 aliphatic rings. The molecule has 0 saturated heterocycles. The minimum absolute atomic E-state index is 0.252. The summed E-state index contributed by atoms with van der Waals surface area (Å²) in [4.78, 5) is 12.0. The molecule has 2 aromatic rings. The van der Waals surface area contributed by atoms with Crippen LogP contribution in [0.1, 0.15) is 11.1 Å². The van der Waals surface area contributed by atoms with E-state index in [0.717, 1.165) is 27.0 Å². The summed E-state index contributed by atoms with van der Waals surface area (Å²) in [7, 11) is 0. The van der Waals surface area contributed by atoms with Crippen LogP contribution in [0.3, 0.4) is 0 Å². The van der Waals surface area contributed by atoms with Gasteiger partial charge in [0, 0.05) is 15.2 Å². The maximum Gasteiger partial charge on any atom is 0.319 e. The van der Waals surface area contributed by atoms with Crippen molar-refractivity contribution in [3.8, 4) is 5.75 Å². The van der Waals surface area contributed by atoms with Crippen molar-refractivity contribution >= 4 is 39.2 Å². The van der Waals surface area contributed by atoms with Gasteiger partial charge in [-0.1, -0.05) is 27.5 Å². The lowest BCUT2D eigenvalue weighted by Gasteiger charge is -2.13. The number of carbonyl (C=O) groups is 1. The number of amides is 2. The Bertz CT molecular complexity index is 666. The number of halogens is 2. The van der Waals surface area contributed by atoms with Gasteiger partial charge < -0.3 is 15.4 Å². The van der Waals surface area contributed by atoms with E-state index in [1.807, 2.05) is 26.0 Å². The molecular formula is C17H18BrClN2O2. The predicted molar refractivity (Wildman–Crippen MR) is 97.6 cm³/mol. The molecule has 0 bridgehead atoms. The maximum atomic E-state index is 12.0. The fraction of sp³-hybridized carbons (Fsp3) is 0.235. The molecule has 0 aliphatic carbocycles. The van der Waals surface area contributed by atoms with Gasteiger partial charge in [0.05, 0.1) is 6.54 Å². The molecule has 0 saturated carbocycles. The van der Waals surface area contributed by atoms with Gasteiger partial charge >= 0.3 is 6.03 Å². The average molecular weight is 398 g/mol. The third kappa shape index (κ3) is 5.44. The predicted octanol–water partition coefficient (Wildman–Crippen LogP) is 4.92. The van der Waals surface area contributed by atoms with Gasteiger partial charge in [-0.05, 0) is 61.4 Å². The summed E-state index contributed by atoms with van der Waals surface area (Å²) in [6, 6.07) is 10.8. The van der Waals surface area contributed by atoms with Crippen molar-refractivity contribution in [3.05, 3.63) is 57.0 Å². The Morgan fingerprint density at radius 3 is 2.39 bits per heavy atom. The van der Waals surface area contributed by atoms with Crippen molar-refractivity contribution in [3.63, 3.8) is 0 Å². The fourth-order valence-corrected chi connectivity index (χ4v) is 2.94. The Morgan fingerprint density at radius 1 is 1.17 bits per heavy atom. The number of aryl methyl sites for hydroxylation is 2. The minimum atomic E-state index is -0.252. The molecule has 0 spiro atoms. The third-order valence-corrected chi connectivity index (χ3v) is 3.92. The maximum absolute atomic E-state index is 12.0. The van der Waals surface area contributed by atoms with E-state index in [4.69, 9.17) is 16.3 Å². The number of ether oxygens (including phenoxy) is 1. The van der Waals surface area contributed by atoms with Gasteiger partial charge in [0.2, 0.25) is 0 Å². The zero-order valence-electron chi connectivity index (χ0n) is 13.0. The molecule has 0 aromatic heterocycles. The molecule has 6 heteroatoms. The first-order valence-corrected chi connectivity index (χ1v) is 8.33. The lowest BCUT2D eigenvalue weighted by Crippen LogP contribution is -2.32. The highest BCUT2D eigenvalue weighted by molar-refractivity contribution is 9.10. The molecule has 122 valence electrons. The van der Waals surface area contributed by atoms with Gasteiger partial charge in [0.1, 0.15) is 12.4 Å². The molecular weight excluding hydrogens is 380 g/mol. The molecule has 0 heterocycles. The summed E-state index contributed by atoms with van der Waals surface area (Å²) < 4.78 is 6.51. The number of nitrogens with one attached hydrogen (secondary N) is 2. The first-order valence-electron chi connectivity index (χ1n) is 7.15. The lowest BCUT2D eigenvalue weighted by atomic mass is 10.1. The zero-order valence-corrected chi connectivity index (χ0v) is 15.3. The summed E-state index contributed by atoms with van der Waals surface area (Å²) in [6.45, 7) is 4.70. The standard InChI is InChI=1S/C17H18BrClN2O2/c1-11-9-13(18)10-12(2)16(11)21-17(22)20-7-8-23-15-5-3-14(19)4-6-15/h3-6,9-10H,7-8H2,1-2H3,(H2,20,21,22). The molecule has 0 aliphatic heterocycles. The molecule has 2 N–H and O–H groups in total. The van der Waals surface area contributed by atoms with Crippen molar-refractivity contribution in [2.24, 2.45) is 0 Å². The Labute approximate surface area is 149 Å². The molecule has 0 radical (unpaired) electrons. The fourth-order valence-electron chi connectivity index (χ4n) is 2.13. The van der Waals surface area contributed by atoms with Crippen LogP contribution in [0.5, 0.6) is 5.75 Å². The Hall–Kier alpha value is -1.72. The molecule has 23 heavy (non-hydrogen) atoms. The smallest absolute Gasteiger partial charge is 0.319 e. The first kappa shape index (κ1) is 17.6. The molecule has 0 fully saturated rings. The summed E-state index contributed by atoms with van der Waals surface area (Å²) in [5, 5.41) is 6.30. The second-order valence-electron chi connectivity index (χ2n) is 5.10. The van der Waals surface area contributed by atoms with Crippen LogP contribution in [-0.4, -0.2) is 19.2 Å². The second kappa shape index (κ2) is 8.22. The second-order valence-corrected chi connectivity index (χ2v) is 6.45. The van der Waals surface area contributed by atoms with Crippen LogP contribution in [0.25, 0.3) is 0 Å². The quantitative estimate of drug-likeness (QED) is 0.704. The lowest BCUT2D eigenvalue weighted by molar-refractivity contribution is 0.247. The summed E-state index contributed by atoms with van der Waals surface area (Å²) in [5.41, 5.74) is 2.83. The van der Waals surface area contributed by atoms with Crippen molar-refractivity contribution < 1.29 is 9.53 Å². The van der Waals surface area contributed by atoms with Crippen molar-refractivity contribution in [1.29, 1.82) is 0 Å². The normalized spacial score (nSPS) is 10.3. The number of carbonyl (C=O) groups excluding carboxylic acids is 1. The van der Waals surface area contributed by atoms with E-state index in [0.29, 0.717) is 18.2 Å². The summed E-state index contributed by atoms with van der Waals surface area (Å²) in [5.74, 6) is 0.719. The molecule has 4 nitrogen and oxygen atoms in total. The highest BCUT2D eigenvalue weighted by Crippen LogP contribution is 2.24. The summed E-state index contributed by atoms with van der Waals surface area (Å²) >= 11 is 9.24. The monoisotopic (exact) mass is 396 g/mol. The number of hydrogen-bond acceptors (Lipinski definition) is 2. The van der Waals surface area contributed by atoms with Crippen LogP contribution in [0.4, 0.5) is 10.5 Å². The number of hydrogen-bond donors (Lipinski definition) is 2. The molecule has 2 amide bonds. The van der Waals surface area contributed by atoms with Crippen LogP contribution < -0.4 is 15.4 Å². The number of rotatable bonds is 5. The third-order valence-electron chi connectivity index (χ3n) is 3.21. The largest absolute Gasteiger partial charge is 0.492 e. The van der Waals surface area contributed by atoms with Crippen molar-refractivity contribution in [1.82, 2.24) is 5.32 Å². The van der Waals surface area contributed by atoms with E-state index in [1.165, 1.54) is 0 Å². The van der Waals surface area contributed by atoms with Gasteiger partial charge in [-0.3, -0.25) is 0 Å². The number of benzene rings is 2. The number of urea groups is 1. The SMILES string of the molecule is Cc1cc(Br)cc(C)c1NC(=O)NCCOc1ccc(Cl)cc1. The zero-order chi connectivity index (χ0) is 16.8. The van der Waals surface area contributed by atoms with E-state index < -0.39 is 0 Å². The van der Waals surface area contributed by atoms with Gasteiger partial charge in [-0.2, -0.15) is 0 Å². The van der Waals surface area contributed by atoms with E-state index >= 15 is 0 Å². The number of anilines is 1. The average Bonchev–Trinajstić information content (AvgIpc) is 2.49. The van der Waals surface area contributed by atoms with Gasteiger partial charge in [-0.25, -0.2) is 4.79 Å². The van der Waals surface area contributed by atoms with Crippen LogP contribution >= 0.6 is 27.5 Å². The topological polar surface area (TPSA) is 50.4 Å². The highest BCUT2D eigenvalue weighted by Gasteiger charge is 2.08. The van der Waals surface area contributed by atoms with E-state index in [-0.39, 0.29) is 6.03 Å². The molecule has 0 atom stereocenters. The van der Waals surface area contributed by atoms with Gasteiger partial charge in [0.15, 0.2) is 0 Å². The Kier molecular flexibility index (Phi) is 6.30. The van der Waals surface area contributed by atoms with Crippen LogP contribution in [-0.2, 0) is 0 Å². The Balaban J connectivity index is 1.78. The van der Waals surface area contributed by atoms with Crippen LogP contribution in [0.15, 0.2) is 40.9 Å². The van der Waals surface area contributed by atoms with Crippen molar-refractivity contribution in [2.45, 2.75) is 13.8 Å². The molecule has 2 rings (SSSR count). The van der Waals surface area contributed by atoms with Gasteiger partial charge in [0.25, 0.3) is 0 Å². The summed E-state index contributed by atoms with van der Waals surface area (Å²) in [6.07, 6.45) is 0. The Morgan fingerprint density at radius 2 is 1.78 bits per heavy atom. The minimum Gasteiger partial charge on any atom is -0.492 e. The van der Waals surface area contributed by atoms with Crippen molar-refractivity contribution in [2.75, 3.05) is 18.5 Å². The molecule has 2 aromatic carbocycles. The van der Waals surface area contributed by atoms with E-state index in [9.17, 15) is 4.79 Å². The van der Waals surface area contributed by atoms with E-state index in [1.54, 1.807) is 24.3 Å². The van der Waals surface area contributed by atoms with E-state index in [2.05, 4.69) is 26.6 Å². The van der Waals surface area contributed by atoms with Crippen LogP contribution in [0, 0.1) is 13.8 Å². The molecule has 0 unspecified atom stereocenters. The van der Waals surface area contributed by atoms with Gasteiger partial charge in [-0.15, -0.1) is 0 Å². The first-order chi connectivity index (χ1) is 11.0.